The van der Waals surface area contributed by atoms with Gasteiger partial charge in [0.1, 0.15) is 5.54 Å². The number of nitrogens with zero attached hydrogens (tertiary/aromatic N) is 2. The molecular formula is C18H23N3O3. The molecule has 0 atom stereocenters. The van der Waals surface area contributed by atoms with Crippen LogP contribution in [0.4, 0.5) is 0 Å². The van der Waals surface area contributed by atoms with E-state index in [2.05, 4.69) is 10.3 Å². The summed E-state index contributed by atoms with van der Waals surface area (Å²) >= 11 is 0. The number of aromatic nitrogens is 2. The number of imidazole rings is 1. The summed E-state index contributed by atoms with van der Waals surface area (Å²) in [6, 6.07) is 7.82. The molecule has 0 spiro atoms. The van der Waals surface area contributed by atoms with E-state index in [4.69, 9.17) is 4.74 Å². The molecule has 1 aliphatic carbocycles. The first-order valence-corrected chi connectivity index (χ1v) is 8.44. The van der Waals surface area contributed by atoms with Crippen molar-refractivity contribution in [2.45, 2.75) is 50.6 Å². The van der Waals surface area contributed by atoms with E-state index in [0.29, 0.717) is 25.8 Å². The van der Waals surface area contributed by atoms with E-state index in [1.165, 1.54) is 7.11 Å². The molecule has 1 aliphatic rings. The molecule has 1 aromatic carbocycles. The Morgan fingerprint density at radius 3 is 2.75 bits per heavy atom. The summed E-state index contributed by atoms with van der Waals surface area (Å²) in [6.45, 7) is 0.531. The zero-order valence-corrected chi connectivity index (χ0v) is 14.0. The van der Waals surface area contributed by atoms with Crippen molar-refractivity contribution in [1.29, 1.82) is 0 Å². The van der Waals surface area contributed by atoms with Gasteiger partial charge in [-0.3, -0.25) is 4.79 Å². The zero-order chi connectivity index (χ0) is 17.0. The lowest BCUT2D eigenvalue weighted by molar-refractivity contribution is -0.152. The molecule has 6 heteroatoms. The third-order valence-electron chi connectivity index (χ3n) is 4.77. The molecule has 0 bridgehead atoms. The highest BCUT2D eigenvalue weighted by Crippen LogP contribution is 2.29. The van der Waals surface area contributed by atoms with Gasteiger partial charge in [-0.2, -0.15) is 0 Å². The van der Waals surface area contributed by atoms with Gasteiger partial charge in [-0.1, -0.05) is 31.4 Å². The average Bonchev–Trinajstić information content (AvgIpc) is 3.03. The fourth-order valence-electron chi connectivity index (χ4n) is 3.47. The molecule has 24 heavy (non-hydrogen) atoms. The van der Waals surface area contributed by atoms with Gasteiger partial charge in [-0.25, -0.2) is 9.78 Å². The molecule has 0 aliphatic heterocycles. The fourth-order valence-corrected chi connectivity index (χ4v) is 3.47. The van der Waals surface area contributed by atoms with Crippen LogP contribution >= 0.6 is 0 Å². The van der Waals surface area contributed by atoms with Gasteiger partial charge >= 0.3 is 5.97 Å². The number of benzene rings is 1. The van der Waals surface area contributed by atoms with Crippen molar-refractivity contribution in [1.82, 2.24) is 14.9 Å². The minimum absolute atomic E-state index is 0.125. The molecule has 1 saturated carbocycles. The van der Waals surface area contributed by atoms with E-state index in [1.54, 1.807) is 6.33 Å². The molecule has 6 nitrogen and oxygen atoms in total. The molecule has 0 unspecified atom stereocenters. The van der Waals surface area contributed by atoms with Crippen molar-refractivity contribution in [3.63, 3.8) is 0 Å². The van der Waals surface area contributed by atoms with Crippen LogP contribution in [0.5, 0.6) is 0 Å². The SMILES string of the molecule is COC(=O)C1(NC(=O)CCn2cnc3ccccc32)CCCCC1. The zero-order valence-electron chi connectivity index (χ0n) is 14.0. The van der Waals surface area contributed by atoms with Crippen molar-refractivity contribution in [3.05, 3.63) is 30.6 Å². The quantitative estimate of drug-likeness (QED) is 0.855. The van der Waals surface area contributed by atoms with Gasteiger partial charge in [-0.05, 0) is 25.0 Å². The highest BCUT2D eigenvalue weighted by Gasteiger charge is 2.41. The Labute approximate surface area is 141 Å². The fraction of sp³-hybridized carbons (Fsp3) is 0.500. The molecule has 1 fully saturated rings. The molecule has 1 N–H and O–H groups in total. The number of ether oxygens (including phenoxy) is 1. The number of amides is 1. The molecular weight excluding hydrogens is 306 g/mol. The Hall–Kier alpha value is -2.37. The van der Waals surface area contributed by atoms with Gasteiger partial charge in [0.25, 0.3) is 0 Å². The van der Waals surface area contributed by atoms with Crippen LogP contribution in [0.15, 0.2) is 30.6 Å². The number of esters is 1. The molecule has 3 rings (SSSR count). The van der Waals surface area contributed by atoms with Gasteiger partial charge in [0.2, 0.25) is 5.91 Å². The van der Waals surface area contributed by atoms with Crippen LogP contribution in [0.2, 0.25) is 0 Å². The summed E-state index contributed by atoms with van der Waals surface area (Å²) in [5, 5.41) is 2.95. The Bertz CT molecular complexity index is 732. The third-order valence-corrected chi connectivity index (χ3v) is 4.77. The molecule has 0 radical (unpaired) electrons. The largest absolute Gasteiger partial charge is 0.467 e. The minimum Gasteiger partial charge on any atom is -0.467 e. The summed E-state index contributed by atoms with van der Waals surface area (Å²) in [7, 11) is 1.38. The number of hydrogen-bond acceptors (Lipinski definition) is 4. The average molecular weight is 329 g/mol. The van der Waals surface area contributed by atoms with Gasteiger partial charge in [0.15, 0.2) is 0 Å². The summed E-state index contributed by atoms with van der Waals surface area (Å²) in [6.07, 6.45) is 6.31. The maximum atomic E-state index is 12.4. The van der Waals surface area contributed by atoms with E-state index in [0.717, 1.165) is 30.3 Å². The number of carbonyl (C=O) groups excluding carboxylic acids is 2. The van der Waals surface area contributed by atoms with Crippen LogP contribution in [0.25, 0.3) is 11.0 Å². The standard InChI is InChI=1S/C18H23N3O3/c1-24-17(23)18(10-5-2-6-11-18)20-16(22)9-12-21-13-19-14-7-3-4-8-15(14)21/h3-4,7-8,13H,2,5-6,9-12H2,1H3,(H,20,22). The molecule has 1 aromatic heterocycles. The monoisotopic (exact) mass is 329 g/mol. The Morgan fingerprint density at radius 2 is 2.00 bits per heavy atom. The predicted molar refractivity (Wildman–Crippen MR) is 90.3 cm³/mol. The van der Waals surface area contributed by atoms with Crippen LogP contribution in [0, 0.1) is 0 Å². The van der Waals surface area contributed by atoms with Crippen LogP contribution in [0.1, 0.15) is 38.5 Å². The topological polar surface area (TPSA) is 73.2 Å². The minimum atomic E-state index is -0.846. The van der Waals surface area contributed by atoms with Gasteiger partial charge < -0.3 is 14.6 Å². The number of nitrogens with one attached hydrogen (secondary N) is 1. The molecule has 128 valence electrons. The van der Waals surface area contributed by atoms with E-state index in [9.17, 15) is 9.59 Å². The Balaban J connectivity index is 1.65. The number of methoxy groups -OCH3 is 1. The summed E-state index contributed by atoms with van der Waals surface area (Å²) in [4.78, 5) is 28.9. The number of rotatable bonds is 5. The second kappa shape index (κ2) is 7.03. The lowest BCUT2D eigenvalue weighted by Crippen LogP contribution is -2.56. The van der Waals surface area contributed by atoms with Crippen molar-refractivity contribution in [2.75, 3.05) is 7.11 Å². The Kier molecular flexibility index (Phi) is 4.83. The van der Waals surface area contributed by atoms with Crippen molar-refractivity contribution < 1.29 is 14.3 Å². The Morgan fingerprint density at radius 1 is 1.25 bits per heavy atom. The maximum Gasteiger partial charge on any atom is 0.331 e. The first-order chi connectivity index (χ1) is 11.6. The first kappa shape index (κ1) is 16.5. The number of fused-ring (bicyclic) bond motifs is 1. The van der Waals surface area contributed by atoms with Crippen LogP contribution < -0.4 is 5.32 Å². The van der Waals surface area contributed by atoms with Gasteiger partial charge in [-0.15, -0.1) is 0 Å². The lowest BCUT2D eigenvalue weighted by atomic mass is 9.81. The molecule has 2 aromatic rings. The van der Waals surface area contributed by atoms with E-state index in [-0.39, 0.29) is 11.9 Å². The summed E-state index contributed by atoms with van der Waals surface area (Å²) < 4.78 is 6.89. The van der Waals surface area contributed by atoms with Crippen LogP contribution in [-0.2, 0) is 20.9 Å². The predicted octanol–water partition coefficient (Wildman–Crippen LogP) is 2.42. The highest BCUT2D eigenvalue weighted by atomic mass is 16.5. The summed E-state index contributed by atoms with van der Waals surface area (Å²) in [5.74, 6) is -0.455. The maximum absolute atomic E-state index is 12.4. The highest BCUT2D eigenvalue weighted by molar-refractivity contribution is 5.88. The van der Waals surface area contributed by atoms with Gasteiger partial charge in [0.05, 0.1) is 24.5 Å². The summed E-state index contributed by atoms with van der Waals surface area (Å²) in [5.41, 5.74) is 1.07. The first-order valence-electron chi connectivity index (χ1n) is 8.44. The van der Waals surface area contributed by atoms with E-state index in [1.807, 2.05) is 28.8 Å². The number of hydrogen-bond donors (Lipinski definition) is 1. The van der Waals surface area contributed by atoms with E-state index < -0.39 is 5.54 Å². The van der Waals surface area contributed by atoms with Crippen LogP contribution in [0.3, 0.4) is 0 Å². The van der Waals surface area contributed by atoms with Crippen molar-refractivity contribution >= 4 is 22.9 Å². The normalized spacial score (nSPS) is 16.7. The van der Waals surface area contributed by atoms with Crippen molar-refractivity contribution in [3.8, 4) is 0 Å². The van der Waals surface area contributed by atoms with Crippen LogP contribution in [-0.4, -0.2) is 34.1 Å². The second-order valence-electron chi connectivity index (χ2n) is 6.36. The number of aryl methyl sites for hydroxylation is 1. The molecule has 1 amide bonds. The smallest absolute Gasteiger partial charge is 0.331 e. The second-order valence-corrected chi connectivity index (χ2v) is 6.36. The molecule has 0 saturated heterocycles. The number of para-hydroxylation sites is 2. The van der Waals surface area contributed by atoms with Gasteiger partial charge in [0, 0.05) is 13.0 Å². The lowest BCUT2D eigenvalue weighted by Gasteiger charge is -2.35. The van der Waals surface area contributed by atoms with Crippen molar-refractivity contribution in [2.24, 2.45) is 0 Å². The third kappa shape index (κ3) is 3.27. The van der Waals surface area contributed by atoms with E-state index >= 15 is 0 Å². The molecule has 1 heterocycles. The number of carbonyl (C=O) groups is 2.